The Morgan fingerprint density at radius 3 is 2.32 bits per heavy atom. The van der Waals surface area contributed by atoms with Gasteiger partial charge in [-0.15, -0.1) is 0 Å². The van der Waals surface area contributed by atoms with Crippen molar-refractivity contribution in [3.8, 4) is 5.75 Å². The lowest BCUT2D eigenvalue weighted by molar-refractivity contribution is 0.304. The van der Waals surface area contributed by atoms with Crippen LogP contribution < -0.4 is 10.1 Å². The Kier molecular flexibility index (Phi) is 7.21. The van der Waals surface area contributed by atoms with E-state index in [0.29, 0.717) is 12.6 Å². The summed E-state index contributed by atoms with van der Waals surface area (Å²) in [5.74, 6) is 0.869. The molecule has 1 N–H and O–H groups in total. The molecule has 0 atom stereocenters. The number of hydrogen-bond acceptors (Lipinski definition) is 2. The quantitative estimate of drug-likeness (QED) is 0.537. The number of hydrogen-bond donors (Lipinski definition) is 1. The fourth-order valence-electron chi connectivity index (χ4n) is 3.26. The SMILES string of the molecule is Clc1ccc(COc2ccc(CNC3CCCCCC3)cc2Br)cc1. The van der Waals surface area contributed by atoms with E-state index in [9.17, 15) is 0 Å². The van der Waals surface area contributed by atoms with Crippen molar-refractivity contribution >= 4 is 27.5 Å². The minimum atomic E-state index is 0.537. The van der Waals surface area contributed by atoms with Crippen molar-refractivity contribution in [1.82, 2.24) is 5.32 Å². The Hall–Kier alpha value is -1.03. The van der Waals surface area contributed by atoms with E-state index in [1.807, 2.05) is 30.3 Å². The molecule has 0 aromatic heterocycles. The molecular formula is C21H25BrClNO. The van der Waals surface area contributed by atoms with Gasteiger partial charge >= 0.3 is 0 Å². The molecule has 2 aromatic rings. The highest BCUT2D eigenvalue weighted by molar-refractivity contribution is 9.10. The van der Waals surface area contributed by atoms with Crippen LogP contribution in [0.25, 0.3) is 0 Å². The first-order chi connectivity index (χ1) is 12.2. The zero-order valence-electron chi connectivity index (χ0n) is 14.4. The van der Waals surface area contributed by atoms with Crippen molar-refractivity contribution in [3.05, 3.63) is 63.1 Å². The summed E-state index contributed by atoms with van der Waals surface area (Å²) in [5.41, 5.74) is 2.39. The normalized spacial score (nSPS) is 15.8. The second-order valence-corrected chi connectivity index (χ2v) is 8.04. The Morgan fingerprint density at radius 2 is 1.64 bits per heavy atom. The van der Waals surface area contributed by atoms with E-state index in [4.69, 9.17) is 16.3 Å². The molecule has 0 spiro atoms. The van der Waals surface area contributed by atoms with Crippen LogP contribution in [0.15, 0.2) is 46.9 Å². The van der Waals surface area contributed by atoms with Crippen molar-refractivity contribution in [2.24, 2.45) is 0 Å². The number of ether oxygens (including phenoxy) is 1. The molecule has 0 heterocycles. The van der Waals surface area contributed by atoms with Gasteiger partial charge in [0.05, 0.1) is 4.47 Å². The zero-order valence-corrected chi connectivity index (χ0v) is 16.8. The van der Waals surface area contributed by atoms with Gasteiger partial charge in [-0.05, 0) is 64.2 Å². The standard InChI is InChI=1S/C21H25BrClNO/c22-20-13-17(14-24-19-5-3-1-2-4-6-19)9-12-21(20)25-15-16-7-10-18(23)11-8-16/h7-13,19,24H,1-6,14-15H2. The molecule has 2 nitrogen and oxygen atoms in total. The molecule has 4 heteroatoms. The average Bonchev–Trinajstić information content (AvgIpc) is 2.89. The molecule has 134 valence electrons. The van der Waals surface area contributed by atoms with E-state index < -0.39 is 0 Å². The smallest absolute Gasteiger partial charge is 0.134 e. The van der Waals surface area contributed by atoms with Crippen LogP contribution in [0.3, 0.4) is 0 Å². The Labute approximate surface area is 164 Å². The van der Waals surface area contributed by atoms with Gasteiger partial charge in [-0.3, -0.25) is 0 Å². The van der Waals surface area contributed by atoms with Gasteiger partial charge in [-0.1, -0.05) is 55.5 Å². The topological polar surface area (TPSA) is 21.3 Å². The van der Waals surface area contributed by atoms with E-state index >= 15 is 0 Å². The van der Waals surface area contributed by atoms with Crippen molar-refractivity contribution in [1.29, 1.82) is 0 Å². The third-order valence-electron chi connectivity index (χ3n) is 4.75. The maximum atomic E-state index is 5.92. The van der Waals surface area contributed by atoms with Crippen LogP contribution in [0.1, 0.15) is 49.7 Å². The Morgan fingerprint density at radius 1 is 0.960 bits per heavy atom. The van der Waals surface area contributed by atoms with Crippen LogP contribution in [0, 0.1) is 0 Å². The third-order valence-corrected chi connectivity index (χ3v) is 5.63. The lowest BCUT2D eigenvalue weighted by Crippen LogP contribution is -2.27. The first-order valence-corrected chi connectivity index (χ1v) is 10.3. The van der Waals surface area contributed by atoms with Crippen LogP contribution in [-0.2, 0) is 13.2 Å². The average molecular weight is 423 g/mol. The largest absolute Gasteiger partial charge is 0.488 e. The summed E-state index contributed by atoms with van der Waals surface area (Å²) >= 11 is 9.55. The predicted octanol–water partition coefficient (Wildman–Crippen LogP) is 6.49. The molecule has 1 saturated carbocycles. The maximum Gasteiger partial charge on any atom is 0.134 e. The van der Waals surface area contributed by atoms with Gasteiger partial charge in [0.15, 0.2) is 0 Å². The van der Waals surface area contributed by atoms with E-state index in [1.165, 1.54) is 44.1 Å². The van der Waals surface area contributed by atoms with Crippen LogP contribution >= 0.6 is 27.5 Å². The number of rotatable bonds is 6. The fraction of sp³-hybridized carbons (Fsp3) is 0.429. The summed E-state index contributed by atoms with van der Waals surface area (Å²) in [6.45, 7) is 1.45. The molecule has 1 aliphatic carbocycles. The maximum absolute atomic E-state index is 5.92. The van der Waals surface area contributed by atoms with Gasteiger partial charge < -0.3 is 10.1 Å². The molecule has 0 saturated heterocycles. The van der Waals surface area contributed by atoms with E-state index in [0.717, 1.165) is 27.4 Å². The van der Waals surface area contributed by atoms with Crippen LogP contribution in [0.5, 0.6) is 5.75 Å². The first-order valence-electron chi connectivity index (χ1n) is 9.10. The highest BCUT2D eigenvalue weighted by Gasteiger charge is 2.12. The summed E-state index contributed by atoms with van der Waals surface area (Å²) in [5, 5.41) is 4.46. The second kappa shape index (κ2) is 9.61. The third kappa shape index (κ3) is 6.02. The summed E-state index contributed by atoms with van der Waals surface area (Å²) in [6, 6.07) is 14.8. The lowest BCUT2D eigenvalue weighted by atomic mass is 10.1. The van der Waals surface area contributed by atoms with E-state index in [1.54, 1.807) is 0 Å². The summed E-state index contributed by atoms with van der Waals surface area (Å²) < 4.78 is 6.92. The first kappa shape index (κ1) is 18.8. The predicted molar refractivity (Wildman–Crippen MR) is 108 cm³/mol. The summed E-state index contributed by atoms with van der Waals surface area (Å²) in [7, 11) is 0. The molecule has 0 aliphatic heterocycles. The number of halogens is 2. The summed E-state index contributed by atoms with van der Waals surface area (Å²) in [4.78, 5) is 0. The highest BCUT2D eigenvalue weighted by Crippen LogP contribution is 2.27. The Bertz CT molecular complexity index is 666. The van der Waals surface area contributed by atoms with Crippen LogP contribution in [0.2, 0.25) is 5.02 Å². The lowest BCUT2D eigenvalue weighted by Gasteiger charge is -2.17. The zero-order chi connectivity index (χ0) is 17.5. The van der Waals surface area contributed by atoms with Gasteiger partial charge in [0, 0.05) is 17.6 Å². The molecule has 0 bridgehead atoms. The molecule has 0 unspecified atom stereocenters. The van der Waals surface area contributed by atoms with Crippen molar-refractivity contribution < 1.29 is 4.74 Å². The number of nitrogens with one attached hydrogen (secondary N) is 1. The minimum absolute atomic E-state index is 0.537. The fourth-order valence-corrected chi connectivity index (χ4v) is 3.93. The Balaban J connectivity index is 1.52. The van der Waals surface area contributed by atoms with E-state index in [2.05, 4.69) is 33.4 Å². The van der Waals surface area contributed by atoms with Crippen molar-refractivity contribution in [2.75, 3.05) is 0 Å². The number of benzene rings is 2. The molecule has 0 amide bonds. The van der Waals surface area contributed by atoms with Crippen molar-refractivity contribution in [3.63, 3.8) is 0 Å². The van der Waals surface area contributed by atoms with Crippen molar-refractivity contribution in [2.45, 2.75) is 57.7 Å². The highest BCUT2D eigenvalue weighted by atomic mass is 79.9. The molecule has 0 radical (unpaired) electrons. The molecule has 2 aromatic carbocycles. The monoisotopic (exact) mass is 421 g/mol. The van der Waals surface area contributed by atoms with Crippen LogP contribution in [0.4, 0.5) is 0 Å². The van der Waals surface area contributed by atoms with E-state index in [-0.39, 0.29) is 0 Å². The summed E-state index contributed by atoms with van der Waals surface area (Å²) in [6.07, 6.45) is 8.12. The second-order valence-electron chi connectivity index (χ2n) is 6.75. The molecular weight excluding hydrogens is 398 g/mol. The van der Waals surface area contributed by atoms with Gasteiger partial charge in [0.25, 0.3) is 0 Å². The van der Waals surface area contributed by atoms with Crippen LogP contribution in [-0.4, -0.2) is 6.04 Å². The minimum Gasteiger partial charge on any atom is -0.488 e. The van der Waals surface area contributed by atoms with Gasteiger partial charge in [-0.2, -0.15) is 0 Å². The van der Waals surface area contributed by atoms with Gasteiger partial charge in [0.2, 0.25) is 0 Å². The van der Waals surface area contributed by atoms with Gasteiger partial charge in [-0.25, -0.2) is 0 Å². The molecule has 1 fully saturated rings. The van der Waals surface area contributed by atoms with Gasteiger partial charge in [0.1, 0.15) is 12.4 Å². The molecule has 25 heavy (non-hydrogen) atoms. The molecule has 1 aliphatic rings. The molecule has 3 rings (SSSR count).